The van der Waals surface area contributed by atoms with Crippen LogP contribution in [0.3, 0.4) is 0 Å². The van der Waals surface area contributed by atoms with Crippen molar-refractivity contribution in [3.8, 4) is 34.0 Å². The zero-order chi connectivity index (χ0) is 32.5. The highest BCUT2D eigenvalue weighted by atomic mass is 15.2. The minimum atomic E-state index is 0.672. The molecule has 3 heterocycles. The van der Waals surface area contributed by atoms with Crippen LogP contribution >= 0.6 is 0 Å². The molecule has 0 saturated carbocycles. The second-order valence-electron chi connectivity index (χ2n) is 12.8. The molecule has 4 heteroatoms. The highest BCUT2D eigenvalue weighted by Crippen LogP contribution is 2.38. The summed E-state index contributed by atoms with van der Waals surface area (Å²) in [6.07, 6.45) is 0. The minimum Gasteiger partial charge on any atom is -0.309 e. The van der Waals surface area contributed by atoms with Gasteiger partial charge in [-0.05, 0) is 78.2 Å². The standard InChI is InChI=1S/C45H30N4/c1-29-20-23-36-39(26-29)46-45(47-44(36)30-12-4-2-5-13-30)49-41-19-11-9-17-35(41)38-28-32(22-25-43(38)49)31-21-24-42-37(27-31)34-16-8-10-18-40(34)48(42)33-14-6-3-7-15-33/h2-28H,1H3. The van der Waals surface area contributed by atoms with Crippen molar-refractivity contribution in [1.82, 2.24) is 19.1 Å². The minimum absolute atomic E-state index is 0.672. The maximum atomic E-state index is 5.26. The van der Waals surface area contributed by atoms with Gasteiger partial charge in [-0.2, -0.15) is 0 Å². The predicted octanol–water partition coefficient (Wildman–Crippen LogP) is 11.5. The molecule has 0 unspecified atom stereocenters. The highest BCUT2D eigenvalue weighted by Gasteiger charge is 2.19. The summed E-state index contributed by atoms with van der Waals surface area (Å²) in [6.45, 7) is 2.11. The van der Waals surface area contributed by atoms with E-state index in [1.807, 2.05) is 6.07 Å². The van der Waals surface area contributed by atoms with Crippen LogP contribution in [0.5, 0.6) is 0 Å². The highest BCUT2D eigenvalue weighted by molar-refractivity contribution is 6.12. The Labute approximate surface area is 283 Å². The molecular formula is C45H30N4. The van der Waals surface area contributed by atoms with Crippen molar-refractivity contribution in [3.05, 3.63) is 169 Å². The third-order valence-electron chi connectivity index (χ3n) is 9.78. The second-order valence-corrected chi connectivity index (χ2v) is 12.8. The Morgan fingerprint density at radius 3 is 1.61 bits per heavy atom. The van der Waals surface area contributed by atoms with Crippen molar-refractivity contribution in [2.24, 2.45) is 0 Å². The second kappa shape index (κ2) is 10.8. The van der Waals surface area contributed by atoms with E-state index >= 15 is 0 Å². The Bertz CT molecular complexity index is 2880. The SMILES string of the molecule is Cc1ccc2c(-c3ccccc3)nc(-n3c4ccccc4c4cc(-c5ccc6c(c5)c5ccccc5n6-c5ccccc5)ccc43)nc2c1. The summed E-state index contributed by atoms with van der Waals surface area (Å²) in [5.74, 6) is 0.672. The summed E-state index contributed by atoms with van der Waals surface area (Å²) in [7, 11) is 0. The molecule has 0 saturated heterocycles. The number of para-hydroxylation sites is 3. The third-order valence-corrected chi connectivity index (χ3v) is 9.78. The molecule has 230 valence electrons. The summed E-state index contributed by atoms with van der Waals surface area (Å²) in [5, 5.41) is 5.89. The number of nitrogens with zero attached hydrogens (tertiary/aromatic N) is 4. The molecule has 7 aromatic carbocycles. The van der Waals surface area contributed by atoms with Gasteiger partial charge in [-0.1, -0.05) is 109 Å². The maximum absolute atomic E-state index is 5.26. The van der Waals surface area contributed by atoms with Gasteiger partial charge in [-0.15, -0.1) is 0 Å². The van der Waals surface area contributed by atoms with Crippen LogP contribution in [0.1, 0.15) is 5.56 Å². The van der Waals surface area contributed by atoms with Crippen molar-refractivity contribution in [2.75, 3.05) is 0 Å². The molecule has 0 amide bonds. The van der Waals surface area contributed by atoms with Crippen molar-refractivity contribution >= 4 is 54.5 Å². The Balaban J connectivity index is 1.19. The lowest BCUT2D eigenvalue weighted by molar-refractivity contribution is 1.01. The lowest BCUT2D eigenvalue weighted by Crippen LogP contribution is -2.03. The summed E-state index contributed by atoms with van der Waals surface area (Å²) >= 11 is 0. The first-order chi connectivity index (χ1) is 24.2. The van der Waals surface area contributed by atoms with E-state index in [9.17, 15) is 0 Å². The van der Waals surface area contributed by atoms with E-state index < -0.39 is 0 Å². The van der Waals surface area contributed by atoms with Crippen LogP contribution in [0.15, 0.2) is 164 Å². The van der Waals surface area contributed by atoms with E-state index in [-0.39, 0.29) is 0 Å². The first-order valence-corrected chi connectivity index (χ1v) is 16.7. The van der Waals surface area contributed by atoms with Gasteiger partial charge in [0.25, 0.3) is 0 Å². The van der Waals surface area contributed by atoms with Gasteiger partial charge in [0, 0.05) is 38.2 Å². The number of rotatable bonds is 4. The first-order valence-electron chi connectivity index (χ1n) is 16.7. The smallest absolute Gasteiger partial charge is 0.235 e. The van der Waals surface area contributed by atoms with Crippen molar-refractivity contribution < 1.29 is 0 Å². The fourth-order valence-electron chi connectivity index (χ4n) is 7.52. The van der Waals surface area contributed by atoms with Crippen LogP contribution in [-0.4, -0.2) is 19.1 Å². The van der Waals surface area contributed by atoms with Crippen LogP contribution in [0, 0.1) is 6.92 Å². The van der Waals surface area contributed by atoms with Crippen molar-refractivity contribution in [3.63, 3.8) is 0 Å². The molecule has 4 nitrogen and oxygen atoms in total. The molecule has 0 atom stereocenters. The number of fused-ring (bicyclic) bond motifs is 7. The number of aromatic nitrogens is 4. The number of benzene rings is 7. The fraction of sp³-hybridized carbons (Fsp3) is 0.0222. The van der Waals surface area contributed by atoms with Gasteiger partial charge in [0.2, 0.25) is 5.95 Å². The Morgan fingerprint density at radius 1 is 0.388 bits per heavy atom. The number of hydrogen-bond donors (Lipinski definition) is 0. The largest absolute Gasteiger partial charge is 0.309 e. The van der Waals surface area contributed by atoms with Gasteiger partial charge in [0.1, 0.15) is 0 Å². The molecule has 0 aliphatic heterocycles. The Hall–Kier alpha value is -6.52. The summed E-state index contributed by atoms with van der Waals surface area (Å²) in [4.78, 5) is 10.4. The molecule has 10 aromatic rings. The molecule has 0 radical (unpaired) electrons. The Morgan fingerprint density at radius 2 is 0.939 bits per heavy atom. The third kappa shape index (κ3) is 4.31. The molecule has 10 rings (SSSR count). The van der Waals surface area contributed by atoms with E-state index in [2.05, 4.69) is 174 Å². The molecule has 0 N–H and O–H groups in total. The van der Waals surface area contributed by atoms with Crippen LogP contribution in [-0.2, 0) is 0 Å². The quantitative estimate of drug-likeness (QED) is 0.195. The van der Waals surface area contributed by atoms with Crippen LogP contribution in [0.25, 0.3) is 88.5 Å². The van der Waals surface area contributed by atoms with E-state index in [1.54, 1.807) is 0 Å². The first kappa shape index (κ1) is 27.6. The molecule has 0 aliphatic rings. The van der Waals surface area contributed by atoms with Crippen molar-refractivity contribution in [2.45, 2.75) is 6.92 Å². The normalized spacial score (nSPS) is 11.8. The molecular weight excluding hydrogens is 597 g/mol. The molecule has 0 fully saturated rings. The van der Waals surface area contributed by atoms with Crippen LogP contribution < -0.4 is 0 Å². The summed E-state index contributed by atoms with van der Waals surface area (Å²) in [5.41, 5.74) is 12.2. The van der Waals surface area contributed by atoms with Crippen molar-refractivity contribution in [1.29, 1.82) is 0 Å². The molecule has 0 aliphatic carbocycles. The predicted molar refractivity (Wildman–Crippen MR) is 204 cm³/mol. The van der Waals surface area contributed by atoms with Gasteiger partial charge in [0.15, 0.2) is 0 Å². The lowest BCUT2D eigenvalue weighted by atomic mass is 10.0. The molecule has 49 heavy (non-hydrogen) atoms. The van der Waals surface area contributed by atoms with Crippen LogP contribution in [0.2, 0.25) is 0 Å². The average Bonchev–Trinajstić information content (AvgIpc) is 3.67. The Kier molecular flexibility index (Phi) is 6.06. The van der Waals surface area contributed by atoms with Gasteiger partial charge < -0.3 is 4.57 Å². The zero-order valence-corrected chi connectivity index (χ0v) is 26.9. The van der Waals surface area contributed by atoms with Gasteiger partial charge in [-0.3, -0.25) is 4.57 Å². The maximum Gasteiger partial charge on any atom is 0.235 e. The van der Waals surface area contributed by atoms with Gasteiger partial charge >= 0.3 is 0 Å². The van der Waals surface area contributed by atoms with Crippen LogP contribution in [0.4, 0.5) is 0 Å². The number of aryl methyl sites for hydroxylation is 1. The van der Waals surface area contributed by atoms with Gasteiger partial charge in [0.05, 0.1) is 33.3 Å². The number of hydrogen-bond acceptors (Lipinski definition) is 2. The fourth-order valence-corrected chi connectivity index (χ4v) is 7.52. The van der Waals surface area contributed by atoms with E-state index in [4.69, 9.17) is 9.97 Å². The zero-order valence-electron chi connectivity index (χ0n) is 26.9. The summed E-state index contributed by atoms with van der Waals surface area (Å²) in [6, 6.07) is 58.4. The molecule has 3 aromatic heterocycles. The van der Waals surface area contributed by atoms with E-state index in [0.29, 0.717) is 5.95 Å². The van der Waals surface area contributed by atoms with E-state index in [0.717, 1.165) is 38.9 Å². The average molecular weight is 627 g/mol. The topological polar surface area (TPSA) is 35.6 Å². The monoisotopic (exact) mass is 626 g/mol. The van der Waals surface area contributed by atoms with Gasteiger partial charge in [-0.25, -0.2) is 9.97 Å². The summed E-state index contributed by atoms with van der Waals surface area (Å²) < 4.78 is 4.58. The lowest BCUT2D eigenvalue weighted by Gasteiger charge is -2.12. The van der Waals surface area contributed by atoms with E-state index in [1.165, 1.54) is 49.3 Å². The molecule has 0 spiro atoms. The molecule has 0 bridgehead atoms.